The Balaban J connectivity index is 1.01. The second-order valence-electron chi connectivity index (χ2n) is 13.8. The van der Waals surface area contributed by atoms with E-state index < -0.39 is 10.8 Å². The number of amides is 4. The minimum absolute atomic E-state index is 0.187. The predicted molar refractivity (Wildman–Crippen MR) is 181 cm³/mol. The molecule has 0 radical (unpaired) electrons. The number of carbonyl (C=O) groups is 3. The Hall–Kier alpha value is -4.73. The summed E-state index contributed by atoms with van der Waals surface area (Å²) in [6.07, 6.45) is 0.0795. The normalized spacial score (nSPS) is 21.9. The number of anilines is 2. The molecule has 2 N–H and O–H groups in total. The highest BCUT2D eigenvalue weighted by molar-refractivity contribution is 6.31. The molecule has 3 aliphatic rings. The van der Waals surface area contributed by atoms with E-state index >= 15 is 0 Å². The number of aromatic nitrogens is 2. The lowest BCUT2D eigenvalue weighted by molar-refractivity contribution is -0.164. The van der Waals surface area contributed by atoms with Crippen LogP contribution >= 0.6 is 11.6 Å². The van der Waals surface area contributed by atoms with Gasteiger partial charge >= 0.3 is 6.03 Å². The molecule has 0 unspecified atom stereocenters. The molecular weight excluding hydrogens is 632 g/mol. The van der Waals surface area contributed by atoms with Crippen molar-refractivity contribution in [3.63, 3.8) is 0 Å². The monoisotopic (exact) mass is 670 g/mol. The maximum Gasteiger partial charge on any atom is 0.328 e. The summed E-state index contributed by atoms with van der Waals surface area (Å²) in [5.41, 5.74) is 1.73. The van der Waals surface area contributed by atoms with Crippen LogP contribution in [0.4, 0.5) is 16.3 Å². The molecule has 1 aromatic heterocycles. The summed E-state index contributed by atoms with van der Waals surface area (Å²) in [5.74, 6) is 0.760. The number of halogens is 1. The van der Waals surface area contributed by atoms with Crippen LogP contribution in [0, 0.1) is 22.2 Å². The number of hydrogen-bond acceptors (Lipinski definition) is 9. The van der Waals surface area contributed by atoms with E-state index in [1.807, 2.05) is 30.3 Å². The van der Waals surface area contributed by atoms with Gasteiger partial charge in [-0.3, -0.25) is 24.7 Å². The lowest BCUT2D eigenvalue weighted by Gasteiger charge is -2.63. The first-order valence-electron chi connectivity index (χ1n) is 16.1. The molecule has 48 heavy (non-hydrogen) atoms. The van der Waals surface area contributed by atoms with Crippen LogP contribution in [-0.2, 0) is 11.3 Å². The van der Waals surface area contributed by atoms with Crippen molar-refractivity contribution in [2.45, 2.75) is 52.8 Å². The summed E-state index contributed by atoms with van der Waals surface area (Å²) in [5, 5.41) is 23.7. The number of imide groups is 1. The van der Waals surface area contributed by atoms with Crippen LogP contribution in [0.1, 0.15) is 55.7 Å². The van der Waals surface area contributed by atoms with Gasteiger partial charge in [0.25, 0.3) is 5.91 Å². The lowest BCUT2D eigenvalue weighted by Crippen LogP contribution is -2.74. The number of hydrogen-bond donors (Lipinski definition) is 2. The first kappa shape index (κ1) is 33.2. The number of nitrogens with one attached hydrogen (secondary N) is 2. The van der Waals surface area contributed by atoms with Gasteiger partial charge in [-0.1, -0.05) is 51.4 Å². The van der Waals surface area contributed by atoms with Gasteiger partial charge in [-0.2, -0.15) is 5.26 Å². The van der Waals surface area contributed by atoms with Crippen molar-refractivity contribution < 1.29 is 19.1 Å². The Morgan fingerprint density at radius 3 is 2.42 bits per heavy atom. The number of carbonyl (C=O) groups excluding carboxylic acids is 3. The molecule has 2 aliphatic heterocycles. The van der Waals surface area contributed by atoms with Crippen LogP contribution in [0.2, 0.25) is 5.02 Å². The molecule has 1 saturated carbocycles. The fourth-order valence-corrected chi connectivity index (χ4v) is 7.66. The minimum Gasteiger partial charge on any atom is -0.489 e. The molecule has 0 spiro atoms. The van der Waals surface area contributed by atoms with Gasteiger partial charge in [-0.15, -0.1) is 10.2 Å². The summed E-state index contributed by atoms with van der Waals surface area (Å²) >= 11 is 6.22. The Bertz CT molecular complexity index is 1750. The summed E-state index contributed by atoms with van der Waals surface area (Å²) in [6, 6.07) is 17.9. The third kappa shape index (κ3) is 6.53. The van der Waals surface area contributed by atoms with Crippen molar-refractivity contribution in [3.05, 3.63) is 76.4 Å². The number of benzene rings is 2. The maximum absolute atomic E-state index is 13.3. The van der Waals surface area contributed by atoms with Gasteiger partial charge in [-0.25, -0.2) is 4.79 Å². The van der Waals surface area contributed by atoms with Crippen LogP contribution in [0.3, 0.4) is 0 Å². The molecule has 13 heteroatoms. The van der Waals surface area contributed by atoms with Gasteiger partial charge < -0.3 is 15.0 Å². The molecule has 1 aliphatic carbocycles. The van der Waals surface area contributed by atoms with Gasteiger partial charge in [0.1, 0.15) is 17.9 Å². The highest BCUT2D eigenvalue weighted by Gasteiger charge is 2.64. The van der Waals surface area contributed by atoms with E-state index in [1.165, 1.54) is 0 Å². The first-order chi connectivity index (χ1) is 22.9. The fourth-order valence-electron chi connectivity index (χ4n) is 7.44. The maximum atomic E-state index is 13.3. The molecule has 6 rings (SSSR count). The van der Waals surface area contributed by atoms with Crippen LogP contribution < -0.4 is 25.2 Å². The zero-order chi connectivity index (χ0) is 34.2. The molecule has 3 fully saturated rings. The molecule has 3 heterocycles. The van der Waals surface area contributed by atoms with Crippen molar-refractivity contribution in [3.8, 4) is 11.8 Å². The smallest absolute Gasteiger partial charge is 0.328 e. The van der Waals surface area contributed by atoms with Crippen molar-refractivity contribution in [2.75, 3.05) is 42.5 Å². The molecule has 3 aromatic rings. The average Bonchev–Trinajstić information content (AvgIpc) is 3.06. The number of rotatable bonds is 8. The SMILES string of the molecule is CC1(C)C(NC(=O)c2ccc(N3CCN(Cc4cccc(N5CCC(=O)NC5=O)c4)CC3)nn2)C(C)(C)C1Oc1ccc(C#N)c(Cl)c1. The second kappa shape index (κ2) is 13.1. The Kier molecular flexibility index (Phi) is 9.02. The third-order valence-electron chi connectivity index (χ3n) is 9.69. The topological polar surface area (TPSA) is 144 Å². The zero-order valence-corrected chi connectivity index (χ0v) is 28.3. The van der Waals surface area contributed by atoms with Gasteiger partial charge in [-0.05, 0) is 42.0 Å². The van der Waals surface area contributed by atoms with Crippen molar-refractivity contribution in [1.82, 2.24) is 25.7 Å². The van der Waals surface area contributed by atoms with E-state index in [0.29, 0.717) is 22.9 Å². The van der Waals surface area contributed by atoms with E-state index in [-0.39, 0.29) is 42.1 Å². The van der Waals surface area contributed by atoms with Crippen LogP contribution in [0.5, 0.6) is 5.75 Å². The quantitative estimate of drug-likeness (QED) is 0.357. The lowest BCUT2D eigenvalue weighted by atomic mass is 9.49. The second-order valence-corrected chi connectivity index (χ2v) is 14.2. The van der Waals surface area contributed by atoms with E-state index in [4.69, 9.17) is 21.6 Å². The first-order valence-corrected chi connectivity index (χ1v) is 16.4. The zero-order valence-electron chi connectivity index (χ0n) is 27.5. The molecule has 0 bridgehead atoms. The summed E-state index contributed by atoms with van der Waals surface area (Å²) in [7, 11) is 0. The average molecular weight is 671 g/mol. The summed E-state index contributed by atoms with van der Waals surface area (Å²) < 4.78 is 6.33. The molecule has 12 nitrogen and oxygen atoms in total. The third-order valence-corrected chi connectivity index (χ3v) is 10.0. The van der Waals surface area contributed by atoms with Crippen molar-refractivity contribution in [2.24, 2.45) is 10.8 Å². The largest absolute Gasteiger partial charge is 0.489 e. The number of urea groups is 1. The summed E-state index contributed by atoms with van der Waals surface area (Å²) in [4.78, 5) is 43.2. The Morgan fingerprint density at radius 2 is 1.77 bits per heavy atom. The van der Waals surface area contributed by atoms with Gasteiger partial charge in [0.2, 0.25) is 5.91 Å². The summed E-state index contributed by atoms with van der Waals surface area (Å²) in [6.45, 7) is 12.5. The van der Waals surface area contributed by atoms with E-state index in [9.17, 15) is 14.4 Å². The van der Waals surface area contributed by atoms with Gasteiger partial charge in [0, 0.05) is 74.3 Å². The molecule has 250 valence electrons. The molecular formula is C35H39ClN8O4. The van der Waals surface area contributed by atoms with Gasteiger partial charge in [0.05, 0.1) is 10.6 Å². The predicted octanol–water partition coefficient (Wildman–Crippen LogP) is 4.38. The highest BCUT2D eigenvalue weighted by Crippen LogP contribution is 2.55. The molecule has 4 amide bonds. The number of nitriles is 1. The van der Waals surface area contributed by atoms with E-state index in [2.05, 4.69) is 64.4 Å². The minimum atomic E-state index is -0.392. The standard InChI is InChI=1S/C35H39ClN8O4/c1-34(2)31(35(3,4)32(34)48-25-9-8-23(20-37)26(36)19-25)39-30(46)27-10-11-28(41-40-27)43-16-14-42(15-17-43)21-22-6-5-7-24(18-22)44-13-12-29(45)38-33(44)47/h5-11,18-19,31-32H,12-17,21H2,1-4H3,(H,39,46)(H,38,45,47). The molecule has 0 atom stereocenters. The van der Waals surface area contributed by atoms with Crippen LogP contribution in [0.15, 0.2) is 54.6 Å². The van der Waals surface area contributed by atoms with E-state index in [1.54, 1.807) is 29.2 Å². The van der Waals surface area contributed by atoms with Gasteiger partial charge in [0.15, 0.2) is 11.5 Å². The molecule has 2 saturated heterocycles. The van der Waals surface area contributed by atoms with Crippen molar-refractivity contribution >= 4 is 41.0 Å². The van der Waals surface area contributed by atoms with Crippen LogP contribution in [-0.4, -0.2) is 77.8 Å². The van der Waals surface area contributed by atoms with E-state index in [0.717, 1.165) is 49.8 Å². The Labute approximate surface area is 285 Å². The fraction of sp³-hybridized carbons (Fsp3) is 0.429. The number of piperazine rings is 1. The highest BCUT2D eigenvalue weighted by atomic mass is 35.5. The van der Waals surface area contributed by atoms with Crippen molar-refractivity contribution in [1.29, 1.82) is 5.26 Å². The van der Waals surface area contributed by atoms with Crippen LogP contribution in [0.25, 0.3) is 0 Å². The number of nitrogens with zero attached hydrogens (tertiary/aromatic N) is 6. The number of ether oxygens (including phenoxy) is 1. The molecule has 2 aromatic carbocycles. The Morgan fingerprint density at radius 1 is 1.02 bits per heavy atom.